The number of oxazole rings is 1. The van der Waals surface area contributed by atoms with Crippen molar-refractivity contribution in [3.63, 3.8) is 0 Å². The van der Waals surface area contributed by atoms with Gasteiger partial charge >= 0.3 is 0 Å². The average Bonchev–Trinajstić information content (AvgIpc) is 3.15. The number of hydrogen-bond acceptors (Lipinski definition) is 5. The van der Waals surface area contributed by atoms with Crippen molar-refractivity contribution in [1.82, 2.24) is 15.2 Å². The van der Waals surface area contributed by atoms with Crippen molar-refractivity contribution in [2.75, 3.05) is 32.8 Å². The average molecular weight is 369 g/mol. The SMILES string of the molecule is O=C(/C=C/c1nc2ccccc2o1)NCC1(N2CCOCC2)CCCCC1. The number of rotatable bonds is 5. The van der Waals surface area contributed by atoms with E-state index in [1.54, 1.807) is 6.08 Å². The summed E-state index contributed by atoms with van der Waals surface area (Å²) in [5.41, 5.74) is 1.60. The highest BCUT2D eigenvalue weighted by Gasteiger charge is 2.38. The Balaban J connectivity index is 1.38. The summed E-state index contributed by atoms with van der Waals surface area (Å²) < 4.78 is 11.1. The molecule has 0 atom stereocenters. The standard InChI is InChI=1S/C21H27N3O3/c25-19(8-9-20-23-17-6-2-3-7-18(17)27-20)22-16-21(10-4-1-5-11-21)24-12-14-26-15-13-24/h2-3,6-9H,1,4-5,10-16H2,(H,22,25)/b9-8+. The number of carbonyl (C=O) groups is 1. The molecule has 2 aromatic rings. The molecule has 1 amide bonds. The minimum absolute atomic E-state index is 0.0726. The van der Waals surface area contributed by atoms with Gasteiger partial charge in [-0.05, 0) is 25.0 Å². The quantitative estimate of drug-likeness (QED) is 0.821. The van der Waals surface area contributed by atoms with Gasteiger partial charge in [0, 0.05) is 37.3 Å². The Bertz CT molecular complexity index is 769. The van der Waals surface area contributed by atoms with Crippen LogP contribution in [0.1, 0.15) is 38.0 Å². The largest absolute Gasteiger partial charge is 0.437 e. The molecule has 144 valence electrons. The minimum Gasteiger partial charge on any atom is -0.437 e. The number of para-hydroxylation sites is 2. The first-order valence-corrected chi connectivity index (χ1v) is 9.90. The zero-order valence-electron chi connectivity index (χ0n) is 15.7. The minimum atomic E-state index is -0.101. The van der Waals surface area contributed by atoms with E-state index in [4.69, 9.17) is 9.15 Å². The van der Waals surface area contributed by atoms with E-state index in [1.807, 2.05) is 24.3 Å². The van der Waals surface area contributed by atoms with Crippen LogP contribution in [-0.4, -0.2) is 54.2 Å². The van der Waals surface area contributed by atoms with Gasteiger partial charge in [0.25, 0.3) is 0 Å². The second-order valence-corrected chi connectivity index (χ2v) is 7.46. The maximum Gasteiger partial charge on any atom is 0.244 e. The fourth-order valence-electron chi connectivity index (χ4n) is 4.27. The molecule has 1 aromatic heterocycles. The Morgan fingerprint density at radius 1 is 1.19 bits per heavy atom. The lowest BCUT2D eigenvalue weighted by Crippen LogP contribution is -2.59. The molecule has 0 radical (unpaired) electrons. The number of hydrogen-bond donors (Lipinski definition) is 1. The van der Waals surface area contributed by atoms with Crippen molar-refractivity contribution in [2.24, 2.45) is 0 Å². The number of morpholine rings is 1. The van der Waals surface area contributed by atoms with Gasteiger partial charge in [-0.15, -0.1) is 0 Å². The van der Waals surface area contributed by atoms with Gasteiger partial charge in [0.05, 0.1) is 13.2 Å². The Morgan fingerprint density at radius 3 is 2.74 bits per heavy atom. The van der Waals surface area contributed by atoms with Crippen LogP contribution in [0.5, 0.6) is 0 Å². The molecule has 1 saturated carbocycles. The monoisotopic (exact) mass is 369 g/mol. The van der Waals surface area contributed by atoms with Crippen molar-refractivity contribution in [1.29, 1.82) is 0 Å². The topological polar surface area (TPSA) is 67.6 Å². The zero-order valence-corrected chi connectivity index (χ0v) is 15.7. The fourth-order valence-corrected chi connectivity index (χ4v) is 4.27. The molecule has 1 aliphatic heterocycles. The van der Waals surface area contributed by atoms with Gasteiger partial charge in [-0.1, -0.05) is 31.4 Å². The number of nitrogens with zero attached hydrogens (tertiary/aromatic N) is 2. The second kappa shape index (κ2) is 8.23. The number of fused-ring (bicyclic) bond motifs is 1. The molecule has 6 nitrogen and oxygen atoms in total. The third-order valence-corrected chi connectivity index (χ3v) is 5.75. The summed E-state index contributed by atoms with van der Waals surface area (Å²) in [7, 11) is 0. The summed E-state index contributed by atoms with van der Waals surface area (Å²) in [4.78, 5) is 19.3. The lowest BCUT2D eigenvalue weighted by Gasteiger charge is -2.48. The predicted octanol–water partition coefficient (Wildman–Crippen LogP) is 2.99. The molecule has 1 N–H and O–H groups in total. The summed E-state index contributed by atoms with van der Waals surface area (Å²) in [6, 6.07) is 7.59. The van der Waals surface area contributed by atoms with E-state index in [0.717, 1.165) is 50.2 Å². The van der Waals surface area contributed by atoms with E-state index in [1.165, 1.54) is 25.3 Å². The molecule has 1 saturated heterocycles. The van der Waals surface area contributed by atoms with E-state index in [2.05, 4.69) is 15.2 Å². The van der Waals surface area contributed by atoms with Crippen molar-refractivity contribution >= 4 is 23.1 Å². The van der Waals surface area contributed by atoms with Crippen LogP contribution < -0.4 is 5.32 Å². The number of carbonyl (C=O) groups excluding carboxylic acids is 1. The smallest absolute Gasteiger partial charge is 0.244 e. The predicted molar refractivity (Wildman–Crippen MR) is 104 cm³/mol. The molecule has 2 aliphatic rings. The maximum absolute atomic E-state index is 12.4. The molecule has 2 heterocycles. The van der Waals surface area contributed by atoms with Crippen LogP contribution in [-0.2, 0) is 9.53 Å². The normalized spacial score (nSPS) is 20.9. The highest BCUT2D eigenvalue weighted by molar-refractivity contribution is 5.91. The highest BCUT2D eigenvalue weighted by Crippen LogP contribution is 2.33. The summed E-state index contributed by atoms with van der Waals surface area (Å²) in [6.45, 7) is 4.16. The van der Waals surface area contributed by atoms with Crippen LogP contribution in [0.4, 0.5) is 0 Å². The lowest BCUT2D eigenvalue weighted by molar-refractivity contribution is -0.117. The first-order valence-electron chi connectivity index (χ1n) is 9.90. The molecule has 6 heteroatoms. The fraction of sp³-hybridized carbons (Fsp3) is 0.524. The van der Waals surface area contributed by atoms with Crippen molar-refractivity contribution in [3.8, 4) is 0 Å². The Hall–Kier alpha value is -2.18. The van der Waals surface area contributed by atoms with Gasteiger partial charge in [-0.25, -0.2) is 4.98 Å². The molecule has 0 bridgehead atoms. The molecule has 1 aromatic carbocycles. The first-order chi connectivity index (χ1) is 13.3. The summed E-state index contributed by atoms with van der Waals surface area (Å²) >= 11 is 0. The van der Waals surface area contributed by atoms with Crippen molar-refractivity contribution < 1.29 is 13.9 Å². The second-order valence-electron chi connectivity index (χ2n) is 7.46. The molecule has 0 spiro atoms. The van der Waals surface area contributed by atoms with Gasteiger partial charge in [0.1, 0.15) is 5.52 Å². The maximum atomic E-state index is 12.4. The number of benzene rings is 1. The highest BCUT2D eigenvalue weighted by atomic mass is 16.5. The van der Waals surface area contributed by atoms with Crippen LogP contribution in [0.2, 0.25) is 0 Å². The van der Waals surface area contributed by atoms with E-state index >= 15 is 0 Å². The molecule has 0 unspecified atom stereocenters. The van der Waals surface area contributed by atoms with Crippen molar-refractivity contribution in [2.45, 2.75) is 37.6 Å². The van der Waals surface area contributed by atoms with E-state index < -0.39 is 0 Å². The third-order valence-electron chi connectivity index (χ3n) is 5.75. The van der Waals surface area contributed by atoms with Gasteiger partial charge in [0.2, 0.25) is 11.8 Å². The molecule has 1 aliphatic carbocycles. The van der Waals surface area contributed by atoms with Crippen LogP contribution in [0, 0.1) is 0 Å². The van der Waals surface area contributed by atoms with Gasteiger partial charge < -0.3 is 14.5 Å². The number of ether oxygens (including phenoxy) is 1. The number of amides is 1. The Labute approximate surface area is 159 Å². The lowest BCUT2D eigenvalue weighted by atomic mass is 9.79. The Morgan fingerprint density at radius 2 is 1.96 bits per heavy atom. The van der Waals surface area contributed by atoms with Gasteiger partial charge in [-0.3, -0.25) is 9.69 Å². The first kappa shape index (κ1) is 18.2. The van der Waals surface area contributed by atoms with Crippen molar-refractivity contribution in [3.05, 3.63) is 36.2 Å². The Kier molecular flexibility index (Phi) is 5.55. The van der Waals surface area contributed by atoms with Crippen LogP contribution in [0.25, 0.3) is 17.2 Å². The van der Waals surface area contributed by atoms with E-state index in [9.17, 15) is 4.79 Å². The third kappa shape index (κ3) is 4.22. The number of nitrogens with one attached hydrogen (secondary N) is 1. The summed E-state index contributed by atoms with van der Waals surface area (Å²) in [5, 5.41) is 3.12. The van der Waals surface area contributed by atoms with Gasteiger partial charge in [0.15, 0.2) is 5.58 Å². The molecule has 4 rings (SSSR count). The van der Waals surface area contributed by atoms with E-state index in [-0.39, 0.29) is 11.4 Å². The van der Waals surface area contributed by atoms with Crippen LogP contribution in [0.15, 0.2) is 34.8 Å². The van der Waals surface area contributed by atoms with E-state index in [0.29, 0.717) is 12.4 Å². The molecular formula is C21H27N3O3. The molecule has 27 heavy (non-hydrogen) atoms. The van der Waals surface area contributed by atoms with Crippen LogP contribution in [0.3, 0.4) is 0 Å². The molecule has 2 fully saturated rings. The van der Waals surface area contributed by atoms with Crippen LogP contribution >= 0.6 is 0 Å². The summed E-state index contributed by atoms with van der Waals surface area (Å²) in [6.07, 6.45) is 9.18. The summed E-state index contributed by atoms with van der Waals surface area (Å²) in [5.74, 6) is 0.349. The molecular weight excluding hydrogens is 342 g/mol. The van der Waals surface area contributed by atoms with Gasteiger partial charge in [-0.2, -0.15) is 0 Å². The number of aromatic nitrogens is 1. The zero-order chi connectivity index (χ0) is 18.5.